The first-order valence-corrected chi connectivity index (χ1v) is 9.72. The zero-order chi connectivity index (χ0) is 21.3. The van der Waals surface area contributed by atoms with Gasteiger partial charge in [-0.3, -0.25) is 14.9 Å². The average Bonchev–Trinajstić information content (AvgIpc) is 3.14. The van der Waals surface area contributed by atoms with E-state index in [-0.39, 0.29) is 11.6 Å². The van der Waals surface area contributed by atoms with Crippen LogP contribution in [0.4, 0.5) is 11.4 Å². The van der Waals surface area contributed by atoms with Crippen molar-refractivity contribution in [3.63, 3.8) is 0 Å². The molecule has 1 aliphatic heterocycles. The van der Waals surface area contributed by atoms with Gasteiger partial charge in [-0.05, 0) is 43.7 Å². The first-order valence-electron chi connectivity index (χ1n) is 9.72. The second kappa shape index (κ2) is 7.94. The highest BCUT2D eigenvalue weighted by Gasteiger charge is 2.26. The van der Waals surface area contributed by atoms with Crippen molar-refractivity contribution in [2.75, 3.05) is 31.1 Å². The molecule has 154 valence electrons. The molecule has 1 aliphatic rings. The lowest BCUT2D eigenvalue weighted by molar-refractivity contribution is -0.384. The van der Waals surface area contributed by atoms with Gasteiger partial charge in [-0.1, -0.05) is 17.3 Å². The van der Waals surface area contributed by atoms with E-state index in [4.69, 9.17) is 0 Å². The number of anilines is 1. The van der Waals surface area contributed by atoms with Crippen molar-refractivity contribution in [3.8, 4) is 5.69 Å². The molecule has 1 saturated heterocycles. The quantitative estimate of drug-likeness (QED) is 0.488. The highest BCUT2D eigenvalue weighted by Crippen LogP contribution is 2.22. The Balaban J connectivity index is 1.44. The van der Waals surface area contributed by atoms with Gasteiger partial charge < -0.3 is 9.80 Å². The van der Waals surface area contributed by atoms with E-state index in [1.165, 1.54) is 12.1 Å². The monoisotopic (exact) mass is 406 g/mol. The predicted molar refractivity (Wildman–Crippen MR) is 112 cm³/mol. The van der Waals surface area contributed by atoms with Crippen LogP contribution < -0.4 is 4.90 Å². The summed E-state index contributed by atoms with van der Waals surface area (Å²) in [6.45, 7) is 6.25. The number of carbonyl (C=O) groups excluding carboxylic acids is 1. The number of hydrogen-bond donors (Lipinski definition) is 0. The lowest BCUT2D eigenvalue weighted by atomic mass is 10.2. The van der Waals surface area contributed by atoms with Crippen LogP contribution in [0, 0.1) is 24.0 Å². The standard InChI is InChI=1S/C21H22N6O3/c1-15-4-3-5-19(14-15)26-16(2)20(22-23-26)21(28)25-12-10-24(11-13-25)17-6-8-18(9-7-17)27(29)30/h3-9,14H,10-13H2,1-2H3. The average molecular weight is 406 g/mol. The van der Waals surface area contributed by atoms with Gasteiger partial charge in [-0.25, -0.2) is 4.68 Å². The van der Waals surface area contributed by atoms with Gasteiger partial charge >= 0.3 is 0 Å². The number of nitro benzene ring substituents is 1. The summed E-state index contributed by atoms with van der Waals surface area (Å²) in [6.07, 6.45) is 0. The second-order valence-corrected chi connectivity index (χ2v) is 7.33. The Hall–Kier alpha value is -3.75. The number of amides is 1. The number of rotatable bonds is 4. The van der Waals surface area contributed by atoms with Crippen molar-refractivity contribution in [1.29, 1.82) is 0 Å². The Labute approximate surface area is 173 Å². The number of aryl methyl sites for hydroxylation is 1. The molecule has 0 atom stereocenters. The molecule has 1 fully saturated rings. The summed E-state index contributed by atoms with van der Waals surface area (Å²) in [4.78, 5) is 27.3. The maximum absolute atomic E-state index is 13.0. The molecule has 0 radical (unpaired) electrons. The van der Waals surface area contributed by atoms with Crippen LogP contribution in [-0.2, 0) is 0 Å². The third-order valence-electron chi connectivity index (χ3n) is 5.34. The molecule has 0 saturated carbocycles. The van der Waals surface area contributed by atoms with E-state index in [1.807, 2.05) is 38.1 Å². The molecule has 9 nitrogen and oxygen atoms in total. The molecule has 0 bridgehead atoms. The molecule has 3 aromatic rings. The fourth-order valence-corrected chi connectivity index (χ4v) is 3.63. The number of benzene rings is 2. The summed E-state index contributed by atoms with van der Waals surface area (Å²) in [5.41, 5.74) is 4.04. The van der Waals surface area contributed by atoms with Crippen LogP contribution in [0.3, 0.4) is 0 Å². The number of piperazine rings is 1. The van der Waals surface area contributed by atoms with E-state index in [0.29, 0.717) is 37.6 Å². The predicted octanol–water partition coefficient (Wildman–Crippen LogP) is 2.75. The fourth-order valence-electron chi connectivity index (χ4n) is 3.63. The van der Waals surface area contributed by atoms with Crippen LogP contribution in [0.15, 0.2) is 48.5 Å². The molecular weight excluding hydrogens is 384 g/mol. The molecule has 2 aromatic carbocycles. The van der Waals surface area contributed by atoms with Crippen LogP contribution >= 0.6 is 0 Å². The van der Waals surface area contributed by atoms with Gasteiger partial charge in [0.25, 0.3) is 11.6 Å². The third-order valence-corrected chi connectivity index (χ3v) is 5.34. The lowest BCUT2D eigenvalue weighted by Gasteiger charge is -2.35. The van der Waals surface area contributed by atoms with E-state index in [1.54, 1.807) is 21.7 Å². The van der Waals surface area contributed by atoms with E-state index >= 15 is 0 Å². The van der Waals surface area contributed by atoms with Gasteiger partial charge in [-0.15, -0.1) is 5.10 Å². The van der Waals surface area contributed by atoms with Crippen LogP contribution in [0.2, 0.25) is 0 Å². The van der Waals surface area contributed by atoms with Crippen molar-refractivity contribution >= 4 is 17.3 Å². The summed E-state index contributed by atoms with van der Waals surface area (Å²) in [5.74, 6) is -0.130. The Bertz CT molecular complexity index is 1080. The molecule has 2 heterocycles. The number of nitro groups is 1. The summed E-state index contributed by atoms with van der Waals surface area (Å²) in [6, 6.07) is 14.4. The van der Waals surface area contributed by atoms with Crippen LogP contribution in [0.5, 0.6) is 0 Å². The topological polar surface area (TPSA) is 97.4 Å². The molecule has 30 heavy (non-hydrogen) atoms. The largest absolute Gasteiger partial charge is 0.368 e. The number of hydrogen-bond acceptors (Lipinski definition) is 6. The Kier molecular flexibility index (Phi) is 5.18. The minimum atomic E-state index is -0.410. The summed E-state index contributed by atoms with van der Waals surface area (Å²) >= 11 is 0. The van der Waals surface area contributed by atoms with Gasteiger partial charge in [-0.2, -0.15) is 0 Å². The summed E-state index contributed by atoms with van der Waals surface area (Å²) in [7, 11) is 0. The smallest absolute Gasteiger partial charge is 0.276 e. The molecule has 0 spiro atoms. The van der Waals surface area contributed by atoms with Crippen molar-refractivity contribution in [2.45, 2.75) is 13.8 Å². The van der Waals surface area contributed by atoms with Crippen molar-refractivity contribution in [1.82, 2.24) is 19.9 Å². The van der Waals surface area contributed by atoms with Gasteiger partial charge in [0.15, 0.2) is 5.69 Å². The van der Waals surface area contributed by atoms with E-state index in [0.717, 1.165) is 16.9 Å². The number of nitrogens with zero attached hydrogens (tertiary/aromatic N) is 6. The van der Waals surface area contributed by atoms with Crippen LogP contribution in [-0.4, -0.2) is 56.9 Å². The first-order chi connectivity index (χ1) is 14.4. The van der Waals surface area contributed by atoms with Gasteiger partial charge in [0.2, 0.25) is 0 Å². The summed E-state index contributed by atoms with van der Waals surface area (Å²) in [5, 5.41) is 19.1. The maximum Gasteiger partial charge on any atom is 0.276 e. The second-order valence-electron chi connectivity index (χ2n) is 7.33. The molecule has 1 amide bonds. The number of aromatic nitrogens is 3. The molecule has 0 aliphatic carbocycles. The molecular formula is C21H22N6O3. The van der Waals surface area contributed by atoms with Gasteiger partial charge in [0, 0.05) is 44.0 Å². The Morgan fingerprint density at radius 1 is 1.00 bits per heavy atom. The zero-order valence-corrected chi connectivity index (χ0v) is 16.9. The first kappa shape index (κ1) is 19.6. The minimum absolute atomic E-state index is 0.0692. The maximum atomic E-state index is 13.0. The number of carbonyl (C=O) groups is 1. The van der Waals surface area contributed by atoms with Gasteiger partial charge in [0.05, 0.1) is 16.3 Å². The highest BCUT2D eigenvalue weighted by atomic mass is 16.6. The van der Waals surface area contributed by atoms with Crippen molar-refractivity contribution in [2.24, 2.45) is 0 Å². The SMILES string of the molecule is Cc1cccc(-n2nnc(C(=O)N3CCN(c4ccc([N+](=O)[O-])cc4)CC3)c2C)c1. The molecule has 0 unspecified atom stereocenters. The lowest BCUT2D eigenvalue weighted by Crippen LogP contribution is -2.49. The Morgan fingerprint density at radius 2 is 1.70 bits per heavy atom. The van der Waals surface area contributed by atoms with Crippen molar-refractivity contribution in [3.05, 3.63) is 75.6 Å². The van der Waals surface area contributed by atoms with Crippen LogP contribution in [0.25, 0.3) is 5.69 Å². The van der Waals surface area contributed by atoms with Crippen molar-refractivity contribution < 1.29 is 9.72 Å². The fraction of sp³-hybridized carbons (Fsp3) is 0.286. The van der Waals surface area contributed by atoms with E-state index in [9.17, 15) is 14.9 Å². The normalized spacial score (nSPS) is 14.1. The van der Waals surface area contributed by atoms with E-state index < -0.39 is 4.92 Å². The Morgan fingerprint density at radius 3 is 2.33 bits per heavy atom. The van der Waals surface area contributed by atoms with Gasteiger partial charge in [0.1, 0.15) is 0 Å². The minimum Gasteiger partial charge on any atom is -0.368 e. The third kappa shape index (κ3) is 3.73. The van der Waals surface area contributed by atoms with Crippen LogP contribution in [0.1, 0.15) is 21.7 Å². The zero-order valence-electron chi connectivity index (χ0n) is 16.9. The molecule has 9 heteroatoms. The number of non-ortho nitro benzene ring substituents is 1. The molecule has 1 aromatic heterocycles. The summed E-state index contributed by atoms with van der Waals surface area (Å²) < 4.78 is 1.69. The van der Waals surface area contributed by atoms with E-state index in [2.05, 4.69) is 15.2 Å². The highest BCUT2D eigenvalue weighted by molar-refractivity contribution is 5.93. The molecule has 4 rings (SSSR count). The molecule has 0 N–H and O–H groups in total.